The standard InChI is InChI=1S/C33H34N2O5/c1-23(2)20-28(32(37)39-21-25-14-8-4-9-15-25)34-27(19-18-24-12-6-3-7-13-24)30(31(34)36)35-29(22-40-33(35)38)26-16-10-5-11-17-26/h3-19,23,27-30H,20-22H2,1-2H3/t27-,28?,29-,30?/m0/s1. The van der Waals surface area contributed by atoms with Crippen molar-refractivity contribution < 1.29 is 23.9 Å². The summed E-state index contributed by atoms with van der Waals surface area (Å²) in [5.41, 5.74) is 2.72. The van der Waals surface area contributed by atoms with E-state index in [2.05, 4.69) is 0 Å². The molecule has 2 aliphatic rings. The van der Waals surface area contributed by atoms with Crippen LogP contribution in [0.2, 0.25) is 0 Å². The van der Waals surface area contributed by atoms with Crippen LogP contribution < -0.4 is 0 Å². The fraction of sp³-hybridized carbons (Fsp3) is 0.303. The maximum atomic E-state index is 13.9. The average molecular weight is 539 g/mol. The molecule has 2 heterocycles. The number of nitrogens with zero attached hydrogens (tertiary/aromatic N) is 2. The molecule has 0 aliphatic carbocycles. The SMILES string of the molecule is CC(C)CC(C(=O)OCc1ccccc1)N1C(=O)C(N2C(=O)OC[C@H]2c2ccccc2)[C@@H]1C=Cc1ccccc1. The summed E-state index contributed by atoms with van der Waals surface area (Å²) in [7, 11) is 0. The minimum absolute atomic E-state index is 0.124. The number of likely N-dealkylation sites (tertiary alicyclic amines) is 1. The molecule has 0 bridgehead atoms. The highest BCUT2D eigenvalue weighted by atomic mass is 16.6. The Hall–Kier alpha value is -4.39. The molecule has 2 saturated heterocycles. The zero-order valence-corrected chi connectivity index (χ0v) is 22.8. The summed E-state index contributed by atoms with van der Waals surface area (Å²) in [5, 5.41) is 0. The Balaban J connectivity index is 1.45. The first-order chi connectivity index (χ1) is 19.4. The van der Waals surface area contributed by atoms with Crippen molar-refractivity contribution in [1.29, 1.82) is 0 Å². The Morgan fingerprint density at radius 2 is 1.57 bits per heavy atom. The van der Waals surface area contributed by atoms with Crippen LogP contribution in [-0.4, -0.2) is 52.5 Å². The summed E-state index contributed by atoms with van der Waals surface area (Å²) >= 11 is 0. The van der Waals surface area contributed by atoms with Crippen molar-refractivity contribution in [3.63, 3.8) is 0 Å². The van der Waals surface area contributed by atoms with Crippen LogP contribution in [-0.2, 0) is 25.7 Å². The van der Waals surface area contributed by atoms with E-state index in [1.54, 1.807) is 4.90 Å². The van der Waals surface area contributed by atoms with Gasteiger partial charge in [0.2, 0.25) is 5.91 Å². The molecule has 40 heavy (non-hydrogen) atoms. The third-order valence-corrected chi connectivity index (χ3v) is 7.36. The van der Waals surface area contributed by atoms with Gasteiger partial charge in [-0.05, 0) is 29.0 Å². The minimum atomic E-state index is -0.795. The molecule has 0 aromatic heterocycles. The molecular weight excluding hydrogens is 504 g/mol. The van der Waals surface area contributed by atoms with Gasteiger partial charge < -0.3 is 14.4 Å². The molecule has 4 atom stereocenters. The molecule has 2 amide bonds. The van der Waals surface area contributed by atoms with E-state index in [1.165, 1.54) is 4.90 Å². The molecule has 206 valence electrons. The summed E-state index contributed by atoms with van der Waals surface area (Å²) in [5.74, 6) is -0.607. The summed E-state index contributed by atoms with van der Waals surface area (Å²) in [6.45, 7) is 4.31. The average Bonchev–Trinajstić information content (AvgIpc) is 3.35. The van der Waals surface area contributed by atoms with E-state index in [1.807, 2.05) is 117 Å². The molecule has 0 radical (unpaired) electrons. The number of amides is 2. The van der Waals surface area contributed by atoms with Gasteiger partial charge >= 0.3 is 12.1 Å². The van der Waals surface area contributed by atoms with Crippen molar-refractivity contribution in [3.8, 4) is 0 Å². The first kappa shape index (κ1) is 27.2. The van der Waals surface area contributed by atoms with Crippen LogP contribution in [0.5, 0.6) is 0 Å². The van der Waals surface area contributed by atoms with Gasteiger partial charge in [0.25, 0.3) is 0 Å². The second-order valence-corrected chi connectivity index (χ2v) is 10.6. The second-order valence-electron chi connectivity index (χ2n) is 10.6. The van der Waals surface area contributed by atoms with Gasteiger partial charge in [-0.25, -0.2) is 9.59 Å². The molecule has 3 aromatic rings. The third kappa shape index (κ3) is 5.78. The number of carbonyl (C=O) groups is 3. The van der Waals surface area contributed by atoms with Crippen LogP contribution in [0.4, 0.5) is 4.79 Å². The predicted octanol–water partition coefficient (Wildman–Crippen LogP) is 5.63. The highest BCUT2D eigenvalue weighted by molar-refractivity contribution is 5.97. The van der Waals surface area contributed by atoms with Crippen LogP contribution in [0.1, 0.15) is 43.0 Å². The smallest absolute Gasteiger partial charge is 0.411 e. The zero-order valence-electron chi connectivity index (χ0n) is 22.8. The van der Waals surface area contributed by atoms with E-state index in [-0.39, 0.29) is 25.0 Å². The lowest BCUT2D eigenvalue weighted by Gasteiger charge is -2.52. The van der Waals surface area contributed by atoms with Crippen molar-refractivity contribution in [1.82, 2.24) is 9.80 Å². The molecule has 0 saturated carbocycles. The first-order valence-electron chi connectivity index (χ1n) is 13.7. The molecule has 0 spiro atoms. The maximum absolute atomic E-state index is 13.9. The van der Waals surface area contributed by atoms with Crippen molar-refractivity contribution >= 4 is 24.0 Å². The fourth-order valence-corrected chi connectivity index (χ4v) is 5.40. The molecular formula is C33H34N2O5. The highest BCUT2D eigenvalue weighted by Gasteiger charge is 2.58. The molecule has 2 fully saturated rings. The predicted molar refractivity (Wildman–Crippen MR) is 152 cm³/mol. The lowest BCUT2D eigenvalue weighted by molar-refractivity contribution is -0.172. The number of carbonyl (C=O) groups excluding carboxylic acids is 3. The Morgan fingerprint density at radius 1 is 0.950 bits per heavy atom. The van der Waals surface area contributed by atoms with Crippen LogP contribution >= 0.6 is 0 Å². The highest BCUT2D eigenvalue weighted by Crippen LogP contribution is 2.39. The quantitative estimate of drug-likeness (QED) is 0.247. The van der Waals surface area contributed by atoms with Crippen molar-refractivity contribution in [3.05, 3.63) is 114 Å². The van der Waals surface area contributed by atoms with Crippen molar-refractivity contribution in [2.24, 2.45) is 5.92 Å². The van der Waals surface area contributed by atoms with Crippen LogP contribution in [0.25, 0.3) is 6.08 Å². The van der Waals surface area contributed by atoms with Gasteiger partial charge in [0.1, 0.15) is 25.3 Å². The summed E-state index contributed by atoms with van der Waals surface area (Å²) < 4.78 is 11.2. The Labute approximate surface area is 235 Å². The monoisotopic (exact) mass is 538 g/mol. The molecule has 7 heteroatoms. The van der Waals surface area contributed by atoms with Gasteiger partial charge in [0.05, 0.1) is 12.1 Å². The first-order valence-corrected chi connectivity index (χ1v) is 13.7. The van der Waals surface area contributed by atoms with Crippen molar-refractivity contribution in [2.45, 2.75) is 51.0 Å². The summed E-state index contributed by atoms with van der Waals surface area (Å²) in [6.07, 6.45) is 3.75. The topological polar surface area (TPSA) is 76.2 Å². The Morgan fingerprint density at radius 3 is 2.23 bits per heavy atom. The summed E-state index contributed by atoms with van der Waals surface area (Å²) in [6, 6.07) is 26.3. The minimum Gasteiger partial charge on any atom is -0.459 e. The van der Waals surface area contributed by atoms with Gasteiger partial charge in [0.15, 0.2) is 0 Å². The van der Waals surface area contributed by atoms with E-state index >= 15 is 0 Å². The third-order valence-electron chi connectivity index (χ3n) is 7.36. The van der Waals surface area contributed by atoms with Gasteiger partial charge in [0, 0.05) is 0 Å². The fourth-order valence-electron chi connectivity index (χ4n) is 5.40. The number of β-lactam (4-membered cyclic amide) rings is 1. The number of rotatable bonds is 10. The second kappa shape index (κ2) is 12.2. The molecule has 0 N–H and O–H groups in total. The molecule has 3 aromatic carbocycles. The van der Waals surface area contributed by atoms with Gasteiger partial charge in [-0.3, -0.25) is 9.69 Å². The molecule has 2 aliphatic heterocycles. The zero-order chi connectivity index (χ0) is 28.1. The Kier molecular flexibility index (Phi) is 8.29. The van der Waals surface area contributed by atoms with Gasteiger partial charge in [-0.15, -0.1) is 0 Å². The van der Waals surface area contributed by atoms with Crippen molar-refractivity contribution in [2.75, 3.05) is 6.61 Å². The van der Waals surface area contributed by atoms with Gasteiger partial charge in [-0.1, -0.05) is 117 Å². The molecule has 7 nitrogen and oxygen atoms in total. The van der Waals surface area contributed by atoms with Crippen LogP contribution in [0.3, 0.4) is 0 Å². The normalized spacial score (nSPS) is 21.4. The van der Waals surface area contributed by atoms with Gasteiger partial charge in [-0.2, -0.15) is 0 Å². The van der Waals surface area contributed by atoms with E-state index < -0.39 is 36.2 Å². The number of esters is 1. The van der Waals surface area contributed by atoms with Crippen LogP contribution in [0.15, 0.2) is 97.1 Å². The summed E-state index contributed by atoms with van der Waals surface area (Å²) in [4.78, 5) is 43.6. The number of hydrogen-bond donors (Lipinski definition) is 0. The maximum Gasteiger partial charge on any atom is 0.411 e. The lowest BCUT2D eigenvalue weighted by atomic mass is 9.86. The van der Waals surface area contributed by atoms with Crippen LogP contribution in [0, 0.1) is 5.92 Å². The van der Waals surface area contributed by atoms with E-state index in [4.69, 9.17) is 9.47 Å². The van der Waals surface area contributed by atoms with E-state index in [0.717, 1.165) is 16.7 Å². The number of cyclic esters (lactones) is 1. The lowest BCUT2D eigenvalue weighted by Crippen LogP contribution is -2.73. The largest absolute Gasteiger partial charge is 0.459 e. The van der Waals surface area contributed by atoms with E-state index in [9.17, 15) is 14.4 Å². The van der Waals surface area contributed by atoms with E-state index in [0.29, 0.717) is 6.42 Å². The Bertz CT molecular complexity index is 1340. The molecule has 5 rings (SSSR count). The number of benzene rings is 3. The number of ether oxygens (including phenoxy) is 2. The number of hydrogen-bond acceptors (Lipinski definition) is 5. The molecule has 2 unspecified atom stereocenters.